The number of hydrogen-bond acceptors (Lipinski definition) is 6. The Bertz CT molecular complexity index is 581. The molecule has 1 saturated heterocycles. The molecular formula is C14H21N7. The van der Waals surface area contributed by atoms with Crippen molar-refractivity contribution in [2.45, 2.75) is 38.6 Å². The number of nitrogens with one attached hydrogen (secondary N) is 1. The summed E-state index contributed by atoms with van der Waals surface area (Å²) >= 11 is 0. The first-order valence-corrected chi connectivity index (χ1v) is 7.47. The Kier molecular flexibility index (Phi) is 3.98. The zero-order valence-corrected chi connectivity index (χ0v) is 12.5. The van der Waals surface area contributed by atoms with Crippen molar-refractivity contribution in [1.29, 1.82) is 0 Å². The lowest BCUT2D eigenvalue weighted by Crippen LogP contribution is -2.34. The van der Waals surface area contributed by atoms with Gasteiger partial charge in [0.05, 0.1) is 0 Å². The highest BCUT2D eigenvalue weighted by Gasteiger charge is 2.21. The molecule has 21 heavy (non-hydrogen) atoms. The first kappa shape index (κ1) is 13.8. The lowest BCUT2D eigenvalue weighted by atomic mass is 10.1. The van der Waals surface area contributed by atoms with E-state index in [1.165, 1.54) is 25.7 Å². The smallest absolute Gasteiger partial charge is 0.241 e. The standard InChI is InChI=1S/C14H21N7/c1-11-6-4-3-5-8-21(11)14-18-12(15-2)17-13(19-14)20-9-7-16-10-20/h7,9-11H,3-6,8H2,1-2H3,(H,15,17,18,19). The second-order valence-electron chi connectivity index (χ2n) is 5.37. The van der Waals surface area contributed by atoms with Crippen molar-refractivity contribution < 1.29 is 0 Å². The highest BCUT2D eigenvalue weighted by molar-refractivity contribution is 5.40. The van der Waals surface area contributed by atoms with Gasteiger partial charge in [-0.1, -0.05) is 12.8 Å². The fraction of sp³-hybridized carbons (Fsp3) is 0.571. The second-order valence-corrected chi connectivity index (χ2v) is 5.37. The third-order valence-electron chi connectivity index (χ3n) is 3.88. The quantitative estimate of drug-likeness (QED) is 0.929. The average molecular weight is 287 g/mol. The van der Waals surface area contributed by atoms with E-state index >= 15 is 0 Å². The maximum Gasteiger partial charge on any atom is 0.241 e. The van der Waals surface area contributed by atoms with Crippen LogP contribution < -0.4 is 10.2 Å². The third kappa shape index (κ3) is 2.96. The zero-order chi connectivity index (χ0) is 14.7. The van der Waals surface area contributed by atoms with Crippen molar-refractivity contribution in [3.8, 4) is 5.95 Å². The van der Waals surface area contributed by atoms with Gasteiger partial charge in [-0.3, -0.25) is 4.57 Å². The molecule has 3 rings (SSSR count). The molecule has 2 aromatic rings. The largest absolute Gasteiger partial charge is 0.357 e. The highest BCUT2D eigenvalue weighted by atomic mass is 15.3. The normalized spacial score (nSPS) is 19.3. The van der Waals surface area contributed by atoms with E-state index in [2.05, 4.69) is 37.1 Å². The summed E-state index contributed by atoms with van der Waals surface area (Å²) in [7, 11) is 1.82. The fourth-order valence-electron chi connectivity index (χ4n) is 2.66. The summed E-state index contributed by atoms with van der Waals surface area (Å²) in [4.78, 5) is 19.9. The Hall–Kier alpha value is -2.18. The summed E-state index contributed by atoms with van der Waals surface area (Å²) in [6.45, 7) is 3.24. The van der Waals surface area contributed by atoms with Gasteiger partial charge in [-0.2, -0.15) is 15.0 Å². The molecule has 0 saturated carbocycles. The van der Waals surface area contributed by atoms with Gasteiger partial charge in [-0.25, -0.2) is 4.98 Å². The number of aromatic nitrogens is 5. The topological polar surface area (TPSA) is 71.8 Å². The summed E-state index contributed by atoms with van der Waals surface area (Å²) in [5, 5.41) is 3.02. The number of imidazole rings is 1. The van der Waals surface area contributed by atoms with Crippen LogP contribution in [0.25, 0.3) is 5.95 Å². The summed E-state index contributed by atoms with van der Waals surface area (Å²) in [5.74, 6) is 1.92. The molecule has 0 amide bonds. The molecule has 1 aliphatic rings. The molecule has 0 aromatic carbocycles. The maximum atomic E-state index is 4.63. The van der Waals surface area contributed by atoms with E-state index in [-0.39, 0.29) is 0 Å². The van der Waals surface area contributed by atoms with Gasteiger partial charge in [-0.15, -0.1) is 0 Å². The molecule has 0 bridgehead atoms. The first-order chi connectivity index (χ1) is 10.3. The van der Waals surface area contributed by atoms with Crippen LogP contribution in [0.3, 0.4) is 0 Å². The molecule has 0 radical (unpaired) electrons. The van der Waals surface area contributed by atoms with Crippen LogP contribution in [0.15, 0.2) is 18.7 Å². The van der Waals surface area contributed by atoms with E-state index in [9.17, 15) is 0 Å². The molecular weight excluding hydrogens is 266 g/mol. The minimum Gasteiger partial charge on any atom is -0.357 e. The van der Waals surface area contributed by atoms with Crippen LogP contribution in [-0.2, 0) is 0 Å². The van der Waals surface area contributed by atoms with Gasteiger partial charge in [-0.05, 0) is 19.8 Å². The van der Waals surface area contributed by atoms with Crippen molar-refractivity contribution in [2.75, 3.05) is 23.8 Å². The summed E-state index contributed by atoms with van der Waals surface area (Å²) in [5.41, 5.74) is 0. The number of hydrogen-bond donors (Lipinski definition) is 1. The van der Waals surface area contributed by atoms with Gasteiger partial charge in [0, 0.05) is 32.0 Å². The fourth-order valence-corrected chi connectivity index (χ4v) is 2.66. The predicted molar refractivity (Wildman–Crippen MR) is 81.8 cm³/mol. The van der Waals surface area contributed by atoms with Crippen molar-refractivity contribution in [3.63, 3.8) is 0 Å². The van der Waals surface area contributed by atoms with Gasteiger partial charge in [0.25, 0.3) is 0 Å². The molecule has 1 unspecified atom stereocenters. The molecule has 112 valence electrons. The molecule has 7 heteroatoms. The minimum atomic E-state index is 0.454. The van der Waals surface area contributed by atoms with E-state index in [1.807, 2.05) is 13.2 Å². The SMILES string of the molecule is CNc1nc(N2CCCCCC2C)nc(-n2ccnc2)n1. The van der Waals surface area contributed by atoms with Crippen LogP contribution in [0.4, 0.5) is 11.9 Å². The van der Waals surface area contributed by atoms with Crippen LogP contribution in [0, 0.1) is 0 Å². The van der Waals surface area contributed by atoms with Crippen LogP contribution in [0.2, 0.25) is 0 Å². The van der Waals surface area contributed by atoms with E-state index in [1.54, 1.807) is 17.1 Å². The number of rotatable bonds is 3. The van der Waals surface area contributed by atoms with Gasteiger partial charge in [0.2, 0.25) is 17.8 Å². The molecule has 0 aliphatic carbocycles. The lowest BCUT2D eigenvalue weighted by Gasteiger charge is -2.27. The van der Waals surface area contributed by atoms with Gasteiger partial charge >= 0.3 is 0 Å². The Morgan fingerprint density at radius 2 is 2.00 bits per heavy atom. The Labute approximate surface area is 124 Å². The van der Waals surface area contributed by atoms with Crippen molar-refractivity contribution in [2.24, 2.45) is 0 Å². The van der Waals surface area contributed by atoms with E-state index in [0.29, 0.717) is 17.9 Å². The average Bonchev–Trinajstić information content (AvgIpc) is 2.96. The van der Waals surface area contributed by atoms with Gasteiger partial charge in [0.1, 0.15) is 6.33 Å². The van der Waals surface area contributed by atoms with Crippen molar-refractivity contribution in [1.82, 2.24) is 24.5 Å². The zero-order valence-electron chi connectivity index (χ0n) is 12.5. The molecule has 1 fully saturated rings. The van der Waals surface area contributed by atoms with E-state index < -0.39 is 0 Å². The second kappa shape index (κ2) is 6.07. The molecule has 7 nitrogen and oxygen atoms in total. The van der Waals surface area contributed by atoms with Crippen LogP contribution in [-0.4, -0.2) is 44.1 Å². The Balaban J connectivity index is 1.99. The monoisotopic (exact) mass is 287 g/mol. The molecule has 0 spiro atoms. The van der Waals surface area contributed by atoms with Crippen LogP contribution in [0.1, 0.15) is 32.6 Å². The first-order valence-electron chi connectivity index (χ1n) is 7.47. The molecule has 1 aliphatic heterocycles. The number of nitrogens with zero attached hydrogens (tertiary/aromatic N) is 6. The molecule has 1 N–H and O–H groups in total. The summed E-state index contributed by atoms with van der Waals surface area (Å²) in [6, 6.07) is 0.454. The van der Waals surface area contributed by atoms with Crippen molar-refractivity contribution >= 4 is 11.9 Å². The van der Waals surface area contributed by atoms with Crippen LogP contribution in [0.5, 0.6) is 0 Å². The van der Waals surface area contributed by atoms with Gasteiger partial charge in [0.15, 0.2) is 0 Å². The molecule has 2 aromatic heterocycles. The van der Waals surface area contributed by atoms with Crippen LogP contribution >= 0.6 is 0 Å². The predicted octanol–water partition coefficient (Wildman–Crippen LogP) is 1.87. The third-order valence-corrected chi connectivity index (χ3v) is 3.88. The molecule has 1 atom stereocenters. The molecule has 3 heterocycles. The highest BCUT2D eigenvalue weighted by Crippen LogP contribution is 2.22. The van der Waals surface area contributed by atoms with Gasteiger partial charge < -0.3 is 10.2 Å². The Morgan fingerprint density at radius 3 is 2.76 bits per heavy atom. The summed E-state index contributed by atoms with van der Waals surface area (Å²) < 4.78 is 1.80. The minimum absolute atomic E-state index is 0.454. The van der Waals surface area contributed by atoms with Crippen molar-refractivity contribution in [3.05, 3.63) is 18.7 Å². The number of anilines is 2. The lowest BCUT2D eigenvalue weighted by molar-refractivity contribution is 0.603. The summed E-state index contributed by atoms with van der Waals surface area (Å²) in [6.07, 6.45) is 10.2. The Morgan fingerprint density at radius 1 is 1.14 bits per heavy atom. The van der Waals surface area contributed by atoms with E-state index in [0.717, 1.165) is 12.5 Å². The van der Waals surface area contributed by atoms with E-state index in [4.69, 9.17) is 0 Å². The maximum absolute atomic E-state index is 4.63.